The van der Waals surface area contributed by atoms with E-state index in [-0.39, 0.29) is 12.4 Å². The summed E-state index contributed by atoms with van der Waals surface area (Å²) in [5, 5.41) is 0. The number of carbonyl (C=O) groups is 1. The lowest BCUT2D eigenvalue weighted by molar-refractivity contribution is 0.0594. The first kappa shape index (κ1) is 14.0. The van der Waals surface area contributed by atoms with Crippen LogP contribution in [0.3, 0.4) is 0 Å². The van der Waals surface area contributed by atoms with Crippen LogP contribution in [0.15, 0.2) is 42.5 Å². The van der Waals surface area contributed by atoms with E-state index in [9.17, 15) is 13.6 Å². The van der Waals surface area contributed by atoms with Gasteiger partial charge in [-0.2, -0.15) is 0 Å². The van der Waals surface area contributed by atoms with Gasteiger partial charge in [-0.15, -0.1) is 0 Å². The summed E-state index contributed by atoms with van der Waals surface area (Å²) < 4.78 is 36.9. The van der Waals surface area contributed by atoms with Gasteiger partial charge in [0.1, 0.15) is 12.4 Å². The number of halogens is 2. The largest absolute Gasteiger partial charge is 0.486 e. The minimum absolute atomic E-state index is 0.106. The molecule has 0 amide bonds. The number of hydrogen-bond acceptors (Lipinski definition) is 3. The number of hydrogen-bond donors (Lipinski definition) is 0. The molecule has 3 nitrogen and oxygen atoms in total. The lowest BCUT2D eigenvalue weighted by Gasteiger charge is -2.09. The Labute approximate surface area is 114 Å². The van der Waals surface area contributed by atoms with Gasteiger partial charge in [0.25, 0.3) is 0 Å². The Morgan fingerprint density at radius 1 is 1.10 bits per heavy atom. The zero-order valence-corrected chi connectivity index (χ0v) is 10.7. The summed E-state index contributed by atoms with van der Waals surface area (Å²) in [5.41, 5.74) is 0.362. The van der Waals surface area contributed by atoms with Crippen molar-refractivity contribution in [2.75, 3.05) is 7.11 Å². The highest BCUT2D eigenvalue weighted by Gasteiger charge is 2.17. The topological polar surface area (TPSA) is 35.5 Å². The molecule has 104 valence electrons. The maximum absolute atomic E-state index is 13.7. The number of rotatable bonds is 4. The van der Waals surface area contributed by atoms with Gasteiger partial charge in [0, 0.05) is 6.07 Å². The molecule has 0 atom stereocenters. The van der Waals surface area contributed by atoms with Gasteiger partial charge in [-0.05, 0) is 11.6 Å². The van der Waals surface area contributed by atoms with Crippen LogP contribution in [0.25, 0.3) is 0 Å². The van der Waals surface area contributed by atoms with Gasteiger partial charge < -0.3 is 9.47 Å². The maximum Gasteiger partial charge on any atom is 0.340 e. The van der Waals surface area contributed by atoms with Crippen molar-refractivity contribution in [3.05, 3.63) is 65.2 Å². The standard InChI is InChI=1S/C15H12F2O3/c1-19-15(18)11-7-13(17)14(8-12(11)16)20-9-10-5-3-2-4-6-10/h2-8H,9H2,1H3. The number of benzene rings is 2. The Kier molecular flexibility index (Phi) is 4.30. The van der Waals surface area contributed by atoms with Crippen LogP contribution < -0.4 is 4.74 Å². The number of methoxy groups -OCH3 is 1. The van der Waals surface area contributed by atoms with Gasteiger partial charge >= 0.3 is 5.97 Å². The molecule has 2 rings (SSSR count). The maximum atomic E-state index is 13.7. The van der Waals surface area contributed by atoms with Crippen molar-refractivity contribution >= 4 is 5.97 Å². The fourth-order valence-electron chi connectivity index (χ4n) is 1.64. The highest BCUT2D eigenvalue weighted by Crippen LogP contribution is 2.23. The van der Waals surface area contributed by atoms with Gasteiger partial charge in [-0.3, -0.25) is 0 Å². The SMILES string of the molecule is COC(=O)c1cc(F)c(OCc2ccccc2)cc1F. The second-order valence-corrected chi connectivity index (χ2v) is 4.03. The summed E-state index contributed by atoms with van der Waals surface area (Å²) >= 11 is 0. The molecular formula is C15H12F2O3. The lowest BCUT2D eigenvalue weighted by Crippen LogP contribution is -2.06. The molecule has 0 bridgehead atoms. The molecular weight excluding hydrogens is 266 g/mol. The van der Waals surface area contributed by atoms with Crippen LogP contribution in [0.4, 0.5) is 8.78 Å². The number of esters is 1. The molecule has 2 aromatic carbocycles. The minimum Gasteiger partial charge on any atom is -0.486 e. The first-order chi connectivity index (χ1) is 9.61. The van der Waals surface area contributed by atoms with Crippen LogP contribution in [0, 0.1) is 11.6 Å². The second-order valence-electron chi connectivity index (χ2n) is 4.03. The third-order valence-corrected chi connectivity index (χ3v) is 2.66. The van der Waals surface area contributed by atoms with Crippen molar-refractivity contribution in [2.24, 2.45) is 0 Å². The van der Waals surface area contributed by atoms with Gasteiger partial charge in [0.05, 0.1) is 12.7 Å². The first-order valence-corrected chi connectivity index (χ1v) is 5.86. The molecule has 0 aromatic heterocycles. The Bertz CT molecular complexity index is 612. The lowest BCUT2D eigenvalue weighted by atomic mass is 10.2. The molecule has 0 aliphatic heterocycles. The van der Waals surface area contributed by atoms with Crippen LogP contribution in [0.2, 0.25) is 0 Å². The van der Waals surface area contributed by atoms with Crippen molar-refractivity contribution in [1.82, 2.24) is 0 Å². The molecule has 0 heterocycles. The molecule has 0 saturated carbocycles. The molecule has 0 spiro atoms. The van der Waals surface area contributed by atoms with E-state index in [0.29, 0.717) is 0 Å². The van der Waals surface area contributed by atoms with Gasteiger partial charge in [0.2, 0.25) is 0 Å². The van der Waals surface area contributed by atoms with Crippen molar-refractivity contribution in [1.29, 1.82) is 0 Å². The van der Waals surface area contributed by atoms with Gasteiger partial charge in [-0.1, -0.05) is 30.3 Å². The van der Waals surface area contributed by atoms with Crippen molar-refractivity contribution in [2.45, 2.75) is 6.61 Å². The molecule has 5 heteroatoms. The number of carbonyl (C=O) groups excluding carboxylic acids is 1. The molecule has 2 aromatic rings. The van der Waals surface area contributed by atoms with Crippen molar-refractivity contribution in [3.8, 4) is 5.75 Å². The van der Waals surface area contributed by atoms with Crippen LogP contribution in [0.1, 0.15) is 15.9 Å². The third-order valence-electron chi connectivity index (χ3n) is 2.66. The Morgan fingerprint density at radius 2 is 1.80 bits per heavy atom. The normalized spacial score (nSPS) is 10.2. The van der Waals surface area contributed by atoms with Crippen LogP contribution in [-0.4, -0.2) is 13.1 Å². The van der Waals surface area contributed by atoms with Crippen LogP contribution in [0.5, 0.6) is 5.75 Å². The number of ether oxygens (including phenoxy) is 2. The van der Waals surface area contributed by atoms with Crippen LogP contribution >= 0.6 is 0 Å². The van der Waals surface area contributed by atoms with Gasteiger partial charge in [-0.25, -0.2) is 13.6 Å². The quantitative estimate of drug-likeness (QED) is 0.805. The third kappa shape index (κ3) is 3.12. The molecule has 0 aliphatic rings. The van der Waals surface area contributed by atoms with E-state index in [1.54, 1.807) is 12.1 Å². The van der Waals surface area contributed by atoms with E-state index < -0.39 is 23.2 Å². The average Bonchev–Trinajstić information content (AvgIpc) is 2.48. The van der Waals surface area contributed by atoms with Crippen molar-refractivity contribution in [3.63, 3.8) is 0 Å². The van der Waals surface area contributed by atoms with E-state index in [4.69, 9.17) is 4.74 Å². The van der Waals surface area contributed by atoms with E-state index in [0.717, 1.165) is 24.8 Å². The molecule has 0 unspecified atom stereocenters. The summed E-state index contributed by atoms with van der Waals surface area (Å²) in [6, 6.07) is 10.7. The Balaban J connectivity index is 2.17. The fraction of sp³-hybridized carbons (Fsp3) is 0.133. The fourth-order valence-corrected chi connectivity index (χ4v) is 1.64. The van der Waals surface area contributed by atoms with E-state index in [1.165, 1.54) is 0 Å². The minimum atomic E-state index is -0.934. The molecule has 0 N–H and O–H groups in total. The monoisotopic (exact) mass is 278 g/mol. The molecule has 0 saturated heterocycles. The first-order valence-electron chi connectivity index (χ1n) is 5.86. The Morgan fingerprint density at radius 3 is 2.45 bits per heavy atom. The second kappa shape index (κ2) is 6.14. The van der Waals surface area contributed by atoms with E-state index in [2.05, 4.69) is 4.74 Å². The highest BCUT2D eigenvalue weighted by molar-refractivity contribution is 5.89. The summed E-state index contributed by atoms with van der Waals surface area (Å²) in [4.78, 5) is 11.2. The average molecular weight is 278 g/mol. The van der Waals surface area contributed by atoms with Gasteiger partial charge in [0.15, 0.2) is 11.6 Å². The van der Waals surface area contributed by atoms with Crippen LogP contribution in [-0.2, 0) is 11.3 Å². The predicted octanol–water partition coefficient (Wildman–Crippen LogP) is 3.33. The zero-order valence-electron chi connectivity index (χ0n) is 10.7. The highest BCUT2D eigenvalue weighted by atomic mass is 19.1. The predicted molar refractivity (Wildman–Crippen MR) is 68.5 cm³/mol. The summed E-state index contributed by atoms with van der Waals surface area (Å²) in [7, 11) is 1.10. The molecule has 0 aliphatic carbocycles. The van der Waals surface area contributed by atoms with E-state index in [1.807, 2.05) is 18.2 Å². The smallest absolute Gasteiger partial charge is 0.340 e. The summed E-state index contributed by atoms with van der Waals surface area (Å²) in [6.07, 6.45) is 0. The molecule has 0 radical (unpaired) electrons. The van der Waals surface area contributed by atoms with Crippen molar-refractivity contribution < 1.29 is 23.0 Å². The van der Waals surface area contributed by atoms with E-state index >= 15 is 0 Å². The Hall–Kier alpha value is -2.43. The summed E-state index contributed by atoms with van der Waals surface area (Å²) in [5.74, 6) is -2.89. The zero-order chi connectivity index (χ0) is 14.5. The summed E-state index contributed by atoms with van der Waals surface area (Å²) in [6.45, 7) is 0.106. The molecule has 0 fully saturated rings. The molecule has 20 heavy (non-hydrogen) atoms.